The average Bonchev–Trinajstić information content (AvgIpc) is 3.27. The van der Waals surface area contributed by atoms with E-state index in [-0.39, 0.29) is 21.9 Å². The fourth-order valence-electron chi connectivity index (χ4n) is 3.30. The summed E-state index contributed by atoms with van der Waals surface area (Å²) >= 11 is 0. The standard InChI is InChI=1S/C20H19F2N5O2S.CH4O3S/c1-9(2)30(28,29)16-7-11(6-15-19(16)27-20(23)26-15)17-18(25-10(3)24-17)13-5-4-12(21)8-14(13)22;1-5(2,3)4/h4-9H,1-3H3,(H,24,25)(H3,23,26,27);1H3,(H,2,3,4). The highest BCUT2D eigenvalue weighted by molar-refractivity contribution is 7.92. The summed E-state index contributed by atoms with van der Waals surface area (Å²) in [5.41, 5.74) is 7.58. The number of sulfone groups is 1. The van der Waals surface area contributed by atoms with Crippen LogP contribution in [0, 0.1) is 18.6 Å². The molecule has 0 atom stereocenters. The molecule has 0 saturated carbocycles. The van der Waals surface area contributed by atoms with Crippen molar-refractivity contribution in [3.8, 4) is 22.5 Å². The third-order valence-electron chi connectivity index (χ3n) is 4.79. The summed E-state index contributed by atoms with van der Waals surface area (Å²) in [4.78, 5) is 14.4. The smallest absolute Gasteiger partial charge is 0.261 e. The van der Waals surface area contributed by atoms with Crippen molar-refractivity contribution < 1.29 is 30.2 Å². The summed E-state index contributed by atoms with van der Waals surface area (Å²) in [6.45, 7) is 4.83. The van der Waals surface area contributed by atoms with Gasteiger partial charge in [0.2, 0.25) is 0 Å². The zero-order chi connectivity index (χ0) is 26.3. The summed E-state index contributed by atoms with van der Waals surface area (Å²) in [5.74, 6) is -0.901. The summed E-state index contributed by atoms with van der Waals surface area (Å²) in [6, 6.07) is 6.34. The first-order chi connectivity index (χ1) is 16.1. The highest BCUT2D eigenvalue weighted by Crippen LogP contribution is 2.36. The molecule has 4 aromatic rings. The van der Waals surface area contributed by atoms with Gasteiger partial charge in [0.15, 0.2) is 15.8 Å². The first-order valence-electron chi connectivity index (χ1n) is 10.1. The Balaban J connectivity index is 0.000000623. The number of aromatic amines is 2. The molecule has 0 bridgehead atoms. The van der Waals surface area contributed by atoms with Crippen LogP contribution in [0.4, 0.5) is 14.7 Å². The van der Waals surface area contributed by atoms with Gasteiger partial charge < -0.3 is 15.7 Å². The van der Waals surface area contributed by atoms with Crippen molar-refractivity contribution in [1.82, 2.24) is 19.9 Å². The predicted molar refractivity (Wildman–Crippen MR) is 128 cm³/mol. The number of nitrogens with zero attached hydrogens (tertiary/aromatic N) is 2. The van der Waals surface area contributed by atoms with E-state index in [0.29, 0.717) is 34.5 Å². The minimum Gasteiger partial charge on any atom is -0.369 e. The molecule has 0 spiro atoms. The van der Waals surface area contributed by atoms with Gasteiger partial charge in [0.05, 0.1) is 33.3 Å². The van der Waals surface area contributed by atoms with E-state index in [2.05, 4.69) is 19.9 Å². The molecule has 35 heavy (non-hydrogen) atoms. The number of rotatable bonds is 4. The largest absolute Gasteiger partial charge is 0.369 e. The fourth-order valence-corrected chi connectivity index (χ4v) is 4.52. The highest BCUT2D eigenvalue weighted by atomic mass is 32.2. The molecule has 188 valence electrons. The van der Waals surface area contributed by atoms with E-state index in [0.717, 1.165) is 12.1 Å². The van der Waals surface area contributed by atoms with E-state index in [1.807, 2.05) is 0 Å². The number of fused-ring (bicyclic) bond motifs is 1. The van der Waals surface area contributed by atoms with E-state index < -0.39 is 36.8 Å². The molecule has 0 saturated heterocycles. The maximum atomic E-state index is 14.5. The van der Waals surface area contributed by atoms with Gasteiger partial charge >= 0.3 is 0 Å². The van der Waals surface area contributed by atoms with E-state index >= 15 is 0 Å². The molecule has 5 N–H and O–H groups in total. The minimum atomic E-state index is -3.70. The maximum Gasteiger partial charge on any atom is 0.261 e. The number of H-pyrrole nitrogens is 2. The van der Waals surface area contributed by atoms with Crippen molar-refractivity contribution in [2.24, 2.45) is 0 Å². The molecule has 10 nitrogen and oxygen atoms in total. The maximum absolute atomic E-state index is 14.5. The Morgan fingerprint density at radius 2 is 1.66 bits per heavy atom. The van der Waals surface area contributed by atoms with Gasteiger partial charge in [-0.15, -0.1) is 0 Å². The van der Waals surface area contributed by atoms with Gasteiger partial charge in [0.1, 0.15) is 23.0 Å². The second-order valence-corrected chi connectivity index (χ2v) is 11.9. The Bertz CT molecular complexity index is 1620. The number of aryl methyl sites for hydroxylation is 1. The Morgan fingerprint density at radius 3 is 2.23 bits per heavy atom. The van der Waals surface area contributed by atoms with Gasteiger partial charge in [-0.25, -0.2) is 27.2 Å². The van der Waals surface area contributed by atoms with Gasteiger partial charge in [-0.1, -0.05) is 0 Å². The zero-order valence-corrected chi connectivity index (χ0v) is 20.7. The molecule has 2 aromatic heterocycles. The van der Waals surface area contributed by atoms with Crippen molar-refractivity contribution >= 4 is 36.9 Å². The average molecular weight is 528 g/mol. The SMILES string of the molecule is CS(=O)(=O)O.Cc1nc(-c2cc(S(=O)(=O)C(C)C)c3nc(N)[nH]c3c2)c(-c2ccc(F)cc2F)[nH]1. The zero-order valence-electron chi connectivity index (χ0n) is 19.1. The predicted octanol–water partition coefficient (Wildman–Crippen LogP) is 3.47. The Morgan fingerprint density at radius 1 is 1.03 bits per heavy atom. The fraction of sp³-hybridized carbons (Fsp3) is 0.238. The van der Waals surface area contributed by atoms with Crippen LogP contribution in [0.3, 0.4) is 0 Å². The molecule has 2 heterocycles. The van der Waals surface area contributed by atoms with Crippen molar-refractivity contribution in [3.05, 3.63) is 47.8 Å². The number of hydrogen-bond acceptors (Lipinski definition) is 7. The van der Waals surface area contributed by atoms with Crippen molar-refractivity contribution in [2.75, 3.05) is 12.0 Å². The first kappa shape index (κ1) is 26.2. The van der Waals surface area contributed by atoms with Crippen molar-refractivity contribution in [1.29, 1.82) is 0 Å². The van der Waals surface area contributed by atoms with Gasteiger partial charge in [-0.05, 0) is 45.0 Å². The van der Waals surface area contributed by atoms with Gasteiger partial charge in [0.25, 0.3) is 10.1 Å². The monoisotopic (exact) mass is 527 g/mol. The second-order valence-electron chi connectivity index (χ2n) is 7.99. The molecule has 0 fully saturated rings. The molecule has 0 aliphatic carbocycles. The summed E-state index contributed by atoms with van der Waals surface area (Å²) in [5, 5.41) is -0.691. The van der Waals surface area contributed by atoms with Crippen LogP contribution in [0.15, 0.2) is 35.2 Å². The van der Waals surface area contributed by atoms with Crippen LogP contribution in [0.1, 0.15) is 19.7 Å². The number of anilines is 1. The van der Waals surface area contributed by atoms with Crippen LogP contribution in [0.5, 0.6) is 0 Å². The number of aromatic nitrogens is 4. The van der Waals surface area contributed by atoms with E-state index in [1.165, 1.54) is 12.1 Å². The van der Waals surface area contributed by atoms with E-state index in [4.69, 9.17) is 10.3 Å². The quantitative estimate of drug-likeness (QED) is 0.292. The van der Waals surface area contributed by atoms with E-state index in [9.17, 15) is 25.6 Å². The van der Waals surface area contributed by atoms with Crippen LogP contribution < -0.4 is 5.73 Å². The van der Waals surface area contributed by atoms with Crippen LogP contribution in [-0.4, -0.2) is 52.8 Å². The van der Waals surface area contributed by atoms with E-state index in [1.54, 1.807) is 26.8 Å². The first-order valence-corrected chi connectivity index (χ1v) is 13.5. The number of nitrogen functional groups attached to an aromatic ring is 1. The number of benzene rings is 2. The van der Waals surface area contributed by atoms with Gasteiger partial charge in [-0.3, -0.25) is 4.55 Å². The number of nitrogens with two attached hydrogens (primary N) is 1. The lowest BCUT2D eigenvalue weighted by atomic mass is 10.0. The van der Waals surface area contributed by atoms with Crippen molar-refractivity contribution in [2.45, 2.75) is 30.9 Å². The topological polar surface area (TPSA) is 172 Å². The third-order valence-corrected chi connectivity index (χ3v) is 6.96. The summed E-state index contributed by atoms with van der Waals surface area (Å²) in [7, 11) is -7.37. The highest BCUT2D eigenvalue weighted by Gasteiger charge is 2.26. The number of nitrogens with one attached hydrogen (secondary N) is 2. The lowest BCUT2D eigenvalue weighted by Gasteiger charge is -2.11. The van der Waals surface area contributed by atoms with Crippen LogP contribution in [0.2, 0.25) is 0 Å². The van der Waals surface area contributed by atoms with Crippen LogP contribution in [-0.2, 0) is 20.0 Å². The number of hydrogen-bond donors (Lipinski definition) is 4. The molecule has 2 aromatic carbocycles. The number of imidazole rings is 2. The Labute approximate surface area is 200 Å². The van der Waals surface area contributed by atoms with Crippen molar-refractivity contribution in [3.63, 3.8) is 0 Å². The molecule has 14 heteroatoms. The lowest BCUT2D eigenvalue weighted by Crippen LogP contribution is -2.14. The van der Waals surface area contributed by atoms with Crippen LogP contribution in [0.25, 0.3) is 33.5 Å². The molecule has 0 unspecified atom stereocenters. The van der Waals surface area contributed by atoms with Gasteiger partial charge in [0, 0.05) is 17.2 Å². The lowest BCUT2D eigenvalue weighted by molar-refractivity contribution is 0.490. The molecule has 0 aliphatic rings. The molecule has 0 radical (unpaired) electrons. The summed E-state index contributed by atoms with van der Waals surface area (Å²) in [6.07, 6.45) is 0.715. The second kappa shape index (κ2) is 9.36. The van der Waals surface area contributed by atoms with Crippen LogP contribution >= 0.6 is 0 Å². The molecule has 0 aliphatic heterocycles. The number of halogens is 2. The molecular formula is C21H23F2N5O5S2. The Hall–Kier alpha value is -3.36. The minimum absolute atomic E-state index is 0.00383. The normalized spacial score (nSPS) is 12.1. The molecule has 4 rings (SSSR count). The Kier molecular flexibility index (Phi) is 7.02. The van der Waals surface area contributed by atoms with Gasteiger partial charge in [-0.2, -0.15) is 8.42 Å². The molecular weight excluding hydrogens is 504 g/mol. The molecule has 0 amide bonds. The third kappa shape index (κ3) is 5.83. The summed E-state index contributed by atoms with van der Waals surface area (Å²) < 4.78 is 79.6.